The van der Waals surface area contributed by atoms with Crippen molar-refractivity contribution in [2.24, 2.45) is 0 Å². The molecule has 2 aromatic carbocycles. The van der Waals surface area contributed by atoms with E-state index in [-0.39, 0.29) is 17.2 Å². The largest absolute Gasteiger partial charge is 0.503 e. The number of methoxy groups -OCH3 is 1. The Kier molecular flexibility index (Phi) is 2.68. The highest BCUT2D eigenvalue weighted by Gasteiger charge is 2.37. The van der Waals surface area contributed by atoms with Crippen LogP contribution in [0.1, 0.15) is 20.7 Å². The fourth-order valence-corrected chi connectivity index (χ4v) is 2.26. The number of ether oxygens (including phenoxy) is 1. The van der Waals surface area contributed by atoms with Crippen LogP contribution >= 0.6 is 0 Å². The Morgan fingerprint density at radius 3 is 2.10 bits per heavy atom. The molecule has 0 atom stereocenters. The lowest BCUT2D eigenvalue weighted by atomic mass is 10.1. The normalized spacial score (nSPS) is 13.6. The highest BCUT2D eigenvalue weighted by Crippen LogP contribution is 2.39. The molecule has 0 saturated heterocycles. The SMILES string of the molecule is COc1cccc(N2C(=O)c3ccccc3C2=O)c1O. The van der Waals surface area contributed by atoms with Gasteiger partial charge in [0.1, 0.15) is 0 Å². The Hall–Kier alpha value is -2.82. The lowest BCUT2D eigenvalue weighted by molar-refractivity contribution is 0.0925. The van der Waals surface area contributed by atoms with Crippen LogP contribution in [-0.2, 0) is 0 Å². The van der Waals surface area contributed by atoms with Gasteiger partial charge in [-0.2, -0.15) is 0 Å². The molecule has 5 heteroatoms. The number of fused-ring (bicyclic) bond motifs is 1. The molecule has 0 spiro atoms. The molecule has 1 N–H and O–H groups in total. The molecule has 20 heavy (non-hydrogen) atoms. The molecule has 0 saturated carbocycles. The minimum atomic E-state index is -0.450. The number of benzene rings is 2. The monoisotopic (exact) mass is 269 g/mol. The fraction of sp³-hybridized carbons (Fsp3) is 0.0667. The van der Waals surface area contributed by atoms with Crippen LogP contribution in [-0.4, -0.2) is 24.0 Å². The molecule has 3 rings (SSSR count). The van der Waals surface area contributed by atoms with Crippen molar-refractivity contribution in [2.45, 2.75) is 0 Å². The highest BCUT2D eigenvalue weighted by atomic mass is 16.5. The summed E-state index contributed by atoms with van der Waals surface area (Å²) in [6, 6.07) is 11.2. The zero-order valence-corrected chi connectivity index (χ0v) is 10.7. The van der Waals surface area contributed by atoms with Gasteiger partial charge in [0.05, 0.1) is 23.9 Å². The van der Waals surface area contributed by atoms with Gasteiger partial charge in [-0.25, -0.2) is 4.90 Å². The van der Waals surface area contributed by atoms with Gasteiger partial charge in [-0.15, -0.1) is 0 Å². The number of hydrogen-bond donors (Lipinski definition) is 1. The van der Waals surface area contributed by atoms with Crippen LogP contribution in [0, 0.1) is 0 Å². The summed E-state index contributed by atoms with van der Waals surface area (Å²) >= 11 is 0. The Morgan fingerprint density at radius 1 is 0.950 bits per heavy atom. The number of carbonyl (C=O) groups is 2. The zero-order valence-electron chi connectivity index (χ0n) is 10.7. The Balaban J connectivity index is 2.14. The van der Waals surface area contributed by atoms with Gasteiger partial charge in [-0.1, -0.05) is 18.2 Å². The maximum atomic E-state index is 12.3. The van der Waals surface area contributed by atoms with Gasteiger partial charge in [0, 0.05) is 0 Å². The molecule has 1 heterocycles. The maximum absolute atomic E-state index is 12.3. The van der Waals surface area contributed by atoms with E-state index in [0.29, 0.717) is 11.1 Å². The van der Waals surface area contributed by atoms with Gasteiger partial charge in [-0.05, 0) is 24.3 Å². The Bertz CT molecular complexity index is 689. The molecular weight excluding hydrogens is 258 g/mol. The molecule has 0 aliphatic carbocycles. The second kappa shape index (κ2) is 4.38. The molecule has 0 unspecified atom stereocenters. The number of rotatable bonds is 2. The second-order valence-corrected chi connectivity index (χ2v) is 4.32. The van der Waals surface area contributed by atoms with E-state index < -0.39 is 11.8 Å². The van der Waals surface area contributed by atoms with Crippen LogP contribution in [0.15, 0.2) is 42.5 Å². The molecular formula is C15H11NO4. The first kappa shape index (κ1) is 12.2. The van der Waals surface area contributed by atoms with E-state index in [0.717, 1.165) is 4.90 Å². The molecule has 2 amide bonds. The molecule has 0 fully saturated rings. The lowest BCUT2D eigenvalue weighted by Crippen LogP contribution is -2.29. The summed E-state index contributed by atoms with van der Waals surface area (Å²) in [6.07, 6.45) is 0. The van der Waals surface area contributed by atoms with E-state index in [2.05, 4.69) is 0 Å². The average Bonchev–Trinajstić information content (AvgIpc) is 2.72. The number of nitrogens with zero attached hydrogens (tertiary/aromatic N) is 1. The predicted octanol–water partition coefficient (Wildman–Crippen LogP) is 2.20. The minimum Gasteiger partial charge on any atom is -0.503 e. The van der Waals surface area contributed by atoms with Crippen LogP contribution in [0.25, 0.3) is 0 Å². The summed E-state index contributed by atoms with van der Waals surface area (Å²) in [5.74, 6) is -0.924. The summed E-state index contributed by atoms with van der Waals surface area (Å²) < 4.78 is 4.99. The van der Waals surface area contributed by atoms with E-state index in [1.54, 1.807) is 36.4 Å². The van der Waals surface area contributed by atoms with Crippen molar-refractivity contribution in [3.05, 3.63) is 53.6 Å². The smallest absolute Gasteiger partial charge is 0.266 e. The highest BCUT2D eigenvalue weighted by molar-refractivity contribution is 6.34. The number of imide groups is 1. The van der Waals surface area contributed by atoms with E-state index >= 15 is 0 Å². The lowest BCUT2D eigenvalue weighted by Gasteiger charge is -2.16. The Labute approximate surface area is 115 Å². The zero-order chi connectivity index (χ0) is 14.3. The first-order chi connectivity index (χ1) is 9.65. The van der Waals surface area contributed by atoms with Gasteiger partial charge in [-0.3, -0.25) is 9.59 Å². The molecule has 0 radical (unpaired) electrons. The van der Waals surface area contributed by atoms with E-state index in [1.165, 1.54) is 13.2 Å². The van der Waals surface area contributed by atoms with Gasteiger partial charge in [0.15, 0.2) is 11.5 Å². The topological polar surface area (TPSA) is 66.8 Å². The number of carbonyl (C=O) groups excluding carboxylic acids is 2. The minimum absolute atomic E-state index is 0.121. The van der Waals surface area contributed by atoms with Crippen LogP contribution in [0.2, 0.25) is 0 Å². The standard InChI is InChI=1S/C15H11NO4/c1-20-12-8-4-7-11(13(12)17)16-14(18)9-5-2-3-6-10(9)15(16)19/h2-8,17H,1H3. The number of amides is 2. The molecule has 2 aromatic rings. The first-order valence-corrected chi connectivity index (χ1v) is 5.99. The van der Waals surface area contributed by atoms with Crippen molar-refractivity contribution in [1.29, 1.82) is 0 Å². The quantitative estimate of drug-likeness (QED) is 0.849. The van der Waals surface area contributed by atoms with Gasteiger partial charge in [0.2, 0.25) is 0 Å². The third kappa shape index (κ3) is 1.56. The number of phenolic OH excluding ortho intramolecular Hbond substituents is 1. The first-order valence-electron chi connectivity index (χ1n) is 5.99. The summed E-state index contributed by atoms with van der Waals surface area (Å²) in [5, 5.41) is 10.1. The predicted molar refractivity (Wildman–Crippen MR) is 72.2 cm³/mol. The van der Waals surface area contributed by atoms with Crippen molar-refractivity contribution >= 4 is 17.5 Å². The van der Waals surface area contributed by atoms with E-state index in [4.69, 9.17) is 4.74 Å². The molecule has 1 aliphatic heterocycles. The summed E-state index contributed by atoms with van der Waals surface area (Å²) in [6.45, 7) is 0. The fourth-order valence-electron chi connectivity index (χ4n) is 2.26. The molecule has 0 bridgehead atoms. The average molecular weight is 269 g/mol. The molecule has 100 valence electrons. The maximum Gasteiger partial charge on any atom is 0.266 e. The van der Waals surface area contributed by atoms with Gasteiger partial charge < -0.3 is 9.84 Å². The van der Waals surface area contributed by atoms with Crippen LogP contribution in [0.3, 0.4) is 0 Å². The van der Waals surface area contributed by atoms with Gasteiger partial charge >= 0.3 is 0 Å². The molecule has 5 nitrogen and oxygen atoms in total. The number of aromatic hydroxyl groups is 1. The van der Waals surface area contributed by atoms with Crippen molar-refractivity contribution in [2.75, 3.05) is 12.0 Å². The van der Waals surface area contributed by atoms with Crippen molar-refractivity contribution in [1.82, 2.24) is 0 Å². The summed E-state index contributed by atoms with van der Waals surface area (Å²) in [4.78, 5) is 25.6. The van der Waals surface area contributed by atoms with Crippen LogP contribution < -0.4 is 9.64 Å². The summed E-state index contributed by atoms with van der Waals surface area (Å²) in [5.41, 5.74) is 0.787. The number of anilines is 1. The summed E-state index contributed by atoms with van der Waals surface area (Å²) in [7, 11) is 1.40. The number of hydrogen-bond acceptors (Lipinski definition) is 4. The molecule has 1 aliphatic rings. The van der Waals surface area contributed by atoms with Crippen LogP contribution in [0.5, 0.6) is 11.5 Å². The third-order valence-corrected chi connectivity index (χ3v) is 3.23. The van der Waals surface area contributed by atoms with Gasteiger partial charge in [0.25, 0.3) is 11.8 Å². The number of para-hydroxylation sites is 1. The third-order valence-electron chi connectivity index (χ3n) is 3.23. The van der Waals surface area contributed by atoms with E-state index in [9.17, 15) is 14.7 Å². The van der Waals surface area contributed by atoms with Crippen LogP contribution in [0.4, 0.5) is 5.69 Å². The van der Waals surface area contributed by atoms with Crippen molar-refractivity contribution < 1.29 is 19.4 Å². The van der Waals surface area contributed by atoms with Crippen molar-refractivity contribution in [3.8, 4) is 11.5 Å². The Morgan fingerprint density at radius 2 is 1.55 bits per heavy atom. The van der Waals surface area contributed by atoms with Crippen molar-refractivity contribution in [3.63, 3.8) is 0 Å². The second-order valence-electron chi connectivity index (χ2n) is 4.32. The van der Waals surface area contributed by atoms with E-state index in [1.807, 2.05) is 0 Å². The molecule has 0 aromatic heterocycles. The number of phenols is 1.